The minimum atomic E-state index is -3.17. The van der Waals surface area contributed by atoms with Crippen molar-refractivity contribution in [2.45, 2.75) is 52.7 Å². The Morgan fingerprint density at radius 2 is 1.40 bits per heavy atom. The predicted molar refractivity (Wildman–Crippen MR) is 65.4 cm³/mol. The van der Waals surface area contributed by atoms with Crippen LogP contribution in [0.3, 0.4) is 0 Å². The molecular weight excluding hydrogens is 210 g/mol. The molecule has 0 aliphatic rings. The average Bonchev–Trinajstić information content (AvgIpc) is 1.96. The van der Waals surface area contributed by atoms with Crippen LogP contribution < -0.4 is 0 Å². The molecule has 0 N–H and O–H groups in total. The molecule has 0 unspecified atom stereocenters. The van der Waals surface area contributed by atoms with Crippen molar-refractivity contribution in [3.8, 4) is 0 Å². The molecule has 0 saturated carbocycles. The van der Waals surface area contributed by atoms with Crippen molar-refractivity contribution in [1.29, 1.82) is 0 Å². The van der Waals surface area contributed by atoms with Gasteiger partial charge in [0.2, 0.25) is 10.0 Å². The van der Waals surface area contributed by atoms with Crippen molar-refractivity contribution >= 4 is 10.0 Å². The summed E-state index contributed by atoms with van der Waals surface area (Å²) in [5.41, 5.74) is 0.168. The molecule has 0 saturated heterocycles. The quantitative estimate of drug-likeness (QED) is 0.753. The van der Waals surface area contributed by atoms with Crippen LogP contribution in [0.4, 0.5) is 0 Å². The topological polar surface area (TPSA) is 37.4 Å². The third-order valence-electron chi connectivity index (χ3n) is 2.36. The Labute approximate surface area is 94.9 Å². The van der Waals surface area contributed by atoms with Crippen LogP contribution >= 0.6 is 0 Å². The van der Waals surface area contributed by atoms with E-state index in [0.29, 0.717) is 6.54 Å². The van der Waals surface area contributed by atoms with Gasteiger partial charge in [-0.15, -0.1) is 0 Å². The molecule has 4 heteroatoms. The van der Waals surface area contributed by atoms with Gasteiger partial charge in [-0.25, -0.2) is 12.7 Å². The first-order chi connectivity index (χ1) is 6.38. The van der Waals surface area contributed by atoms with Gasteiger partial charge in [0.05, 0.1) is 4.75 Å². The Hall–Kier alpha value is -0.0900. The smallest absolute Gasteiger partial charge is 0.212 e. The van der Waals surface area contributed by atoms with Gasteiger partial charge in [0.15, 0.2) is 0 Å². The summed E-state index contributed by atoms with van der Waals surface area (Å²) in [6.45, 7) is 12.1. The first kappa shape index (κ1) is 14.9. The van der Waals surface area contributed by atoms with Crippen LogP contribution in [0.2, 0.25) is 0 Å². The van der Waals surface area contributed by atoms with Crippen molar-refractivity contribution in [1.82, 2.24) is 4.31 Å². The highest BCUT2D eigenvalue weighted by Crippen LogP contribution is 2.23. The molecule has 92 valence electrons. The molecule has 0 aliphatic heterocycles. The van der Waals surface area contributed by atoms with E-state index in [9.17, 15) is 8.42 Å². The molecule has 0 heterocycles. The van der Waals surface area contributed by atoms with E-state index in [2.05, 4.69) is 20.8 Å². The van der Waals surface area contributed by atoms with Crippen molar-refractivity contribution < 1.29 is 8.42 Å². The molecule has 0 bridgehead atoms. The average molecular weight is 235 g/mol. The number of hydrogen-bond acceptors (Lipinski definition) is 2. The van der Waals surface area contributed by atoms with Gasteiger partial charge >= 0.3 is 0 Å². The molecule has 0 amide bonds. The zero-order valence-electron chi connectivity index (χ0n) is 11.1. The molecular formula is C11H25NO2S. The number of nitrogens with zero attached hydrogens (tertiary/aromatic N) is 1. The summed E-state index contributed by atoms with van der Waals surface area (Å²) in [4.78, 5) is 0. The summed E-state index contributed by atoms with van der Waals surface area (Å²) in [5.74, 6) is 0. The fraction of sp³-hybridized carbons (Fsp3) is 1.00. The number of hydrogen-bond donors (Lipinski definition) is 0. The second-order valence-corrected chi connectivity index (χ2v) is 9.05. The second kappa shape index (κ2) is 4.42. The van der Waals surface area contributed by atoms with Crippen LogP contribution in [0, 0.1) is 5.41 Å². The molecule has 0 atom stereocenters. The van der Waals surface area contributed by atoms with E-state index in [-0.39, 0.29) is 5.41 Å². The summed E-state index contributed by atoms with van der Waals surface area (Å²) >= 11 is 0. The van der Waals surface area contributed by atoms with Crippen molar-refractivity contribution in [3.63, 3.8) is 0 Å². The Bertz CT molecular complexity index is 294. The van der Waals surface area contributed by atoms with Gasteiger partial charge in [0.25, 0.3) is 0 Å². The summed E-state index contributed by atoms with van der Waals surface area (Å²) in [5, 5.41) is 0. The first-order valence-electron chi connectivity index (χ1n) is 5.34. The van der Waals surface area contributed by atoms with E-state index in [1.807, 2.05) is 0 Å². The molecule has 0 fully saturated rings. The van der Waals surface area contributed by atoms with Gasteiger partial charge in [-0.05, 0) is 32.6 Å². The Kier molecular flexibility index (Phi) is 4.39. The van der Waals surface area contributed by atoms with E-state index < -0.39 is 14.8 Å². The predicted octanol–water partition coefficient (Wildman–Crippen LogP) is 2.48. The highest BCUT2D eigenvalue weighted by atomic mass is 32.2. The first-order valence-corrected chi connectivity index (χ1v) is 6.78. The van der Waals surface area contributed by atoms with Gasteiger partial charge in [0.1, 0.15) is 0 Å². The molecule has 15 heavy (non-hydrogen) atoms. The number of sulfonamides is 1. The Morgan fingerprint density at radius 1 is 1.00 bits per heavy atom. The molecule has 0 spiro atoms. The fourth-order valence-corrected chi connectivity index (χ4v) is 2.35. The van der Waals surface area contributed by atoms with Gasteiger partial charge in [-0.3, -0.25) is 0 Å². The van der Waals surface area contributed by atoms with Crippen LogP contribution in [-0.4, -0.2) is 31.1 Å². The Balaban J connectivity index is 4.55. The van der Waals surface area contributed by atoms with Crippen molar-refractivity contribution in [3.05, 3.63) is 0 Å². The van der Waals surface area contributed by atoms with Crippen LogP contribution in [0.15, 0.2) is 0 Å². The maximum atomic E-state index is 12.0. The summed E-state index contributed by atoms with van der Waals surface area (Å²) in [6, 6.07) is 0. The van der Waals surface area contributed by atoms with Gasteiger partial charge in [-0.1, -0.05) is 20.8 Å². The van der Waals surface area contributed by atoms with Crippen LogP contribution in [0.25, 0.3) is 0 Å². The molecule has 0 aromatic carbocycles. The van der Waals surface area contributed by atoms with Gasteiger partial charge in [-0.2, -0.15) is 0 Å². The minimum absolute atomic E-state index is 0.168. The number of rotatable bonds is 3. The molecule has 3 nitrogen and oxygen atoms in total. The second-order valence-electron chi connectivity index (χ2n) is 6.25. The van der Waals surface area contributed by atoms with E-state index in [4.69, 9.17) is 0 Å². The molecule has 0 aromatic rings. The minimum Gasteiger partial charge on any atom is -0.212 e. The van der Waals surface area contributed by atoms with E-state index in [0.717, 1.165) is 6.42 Å². The molecule has 0 radical (unpaired) electrons. The van der Waals surface area contributed by atoms with E-state index in [1.165, 1.54) is 4.31 Å². The zero-order valence-corrected chi connectivity index (χ0v) is 11.9. The summed E-state index contributed by atoms with van der Waals surface area (Å²) in [6.07, 6.45) is 0.874. The maximum Gasteiger partial charge on any atom is 0.218 e. The van der Waals surface area contributed by atoms with Crippen molar-refractivity contribution in [2.75, 3.05) is 13.6 Å². The van der Waals surface area contributed by atoms with Gasteiger partial charge < -0.3 is 0 Å². The zero-order chi connectivity index (χ0) is 12.5. The highest BCUT2D eigenvalue weighted by molar-refractivity contribution is 7.90. The lowest BCUT2D eigenvalue weighted by Gasteiger charge is -2.29. The summed E-state index contributed by atoms with van der Waals surface area (Å²) in [7, 11) is -1.51. The lowest BCUT2D eigenvalue weighted by Crippen LogP contribution is -2.41. The normalized spacial score (nSPS) is 14.7. The maximum absolute atomic E-state index is 12.0. The van der Waals surface area contributed by atoms with E-state index in [1.54, 1.807) is 27.8 Å². The largest absolute Gasteiger partial charge is 0.218 e. The third-order valence-corrected chi connectivity index (χ3v) is 4.91. The third kappa shape index (κ3) is 4.51. The standard InChI is InChI=1S/C11H25NO2S/c1-10(2,3)8-9-12(7)15(13,14)11(4,5)6/h8-9H2,1-7H3. The van der Waals surface area contributed by atoms with Gasteiger partial charge in [0, 0.05) is 13.6 Å². The highest BCUT2D eigenvalue weighted by Gasteiger charge is 2.33. The molecule has 0 rings (SSSR count). The summed E-state index contributed by atoms with van der Waals surface area (Å²) < 4.78 is 24.8. The Morgan fingerprint density at radius 3 is 1.67 bits per heavy atom. The van der Waals surface area contributed by atoms with Crippen LogP contribution in [-0.2, 0) is 10.0 Å². The van der Waals surface area contributed by atoms with Crippen molar-refractivity contribution in [2.24, 2.45) is 5.41 Å². The molecule has 0 aromatic heterocycles. The van der Waals surface area contributed by atoms with Crippen LogP contribution in [0.1, 0.15) is 48.0 Å². The lowest BCUT2D eigenvalue weighted by molar-refractivity contribution is 0.327. The molecule has 0 aliphatic carbocycles. The fourth-order valence-electron chi connectivity index (χ4n) is 1.08. The lowest BCUT2D eigenvalue weighted by atomic mass is 9.92. The SMILES string of the molecule is CN(CCC(C)(C)C)S(=O)(=O)C(C)(C)C. The van der Waals surface area contributed by atoms with Crippen LogP contribution in [0.5, 0.6) is 0 Å². The monoisotopic (exact) mass is 235 g/mol. The van der Waals surface area contributed by atoms with E-state index >= 15 is 0 Å².